The van der Waals surface area contributed by atoms with Gasteiger partial charge in [0.2, 0.25) is 0 Å². The first kappa shape index (κ1) is 17.2. The fourth-order valence-electron chi connectivity index (χ4n) is 4.01. The van der Waals surface area contributed by atoms with Gasteiger partial charge in [-0.25, -0.2) is 0 Å². The summed E-state index contributed by atoms with van der Waals surface area (Å²) < 4.78 is 0. The van der Waals surface area contributed by atoms with Gasteiger partial charge in [0.25, 0.3) is 5.69 Å². The third-order valence-corrected chi connectivity index (χ3v) is 5.58. The van der Waals surface area contributed by atoms with E-state index in [0.717, 1.165) is 37.7 Å². The normalized spacial score (nSPS) is 25.7. The van der Waals surface area contributed by atoms with Crippen molar-refractivity contribution >= 4 is 11.4 Å². The highest BCUT2D eigenvalue weighted by Gasteiger charge is 2.29. The van der Waals surface area contributed by atoms with E-state index in [-0.39, 0.29) is 17.2 Å². The Hall–Kier alpha value is -1.66. The van der Waals surface area contributed by atoms with E-state index in [1.165, 1.54) is 31.7 Å². The highest BCUT2D eigenvalue weighted by atomic mass is 16.6. The van der Waals surface area contributed by atoms with E-state index >= 15 is 0 Å². The number of benzene rings is 1. The molecule has 0 spiro atoms. The smallest absolute Gasteiger partial charge is 0.292 e. The second kappa shape index (κ2) is 7.49. The Bertz CT molecular complexity index is 577. The van der Waals surface area contributed by atoms with Crippen LogP contribution in [0.25, 0.3) is 0 Å². The number of nitrogens with zero attached hydrogens (tertiary/aromatic N) is 3. The predicted molar refractivity (Wildman–Crippen MR) is 94.2 cm³/mol. The van der Waals surface area contributed by atoms with Gasteiger partial charge in [0.05, 0.1) is 11.5 Å². The third kappa shape index (κ3) is 3.70. The van der Waals surface area contributed by atoms with E-state index in [2.05, 4.69) is 16.7 Å². The van der Waals surface area contributed by atoms with E-state index < -0.39 is 0 Å². The van der Waals surface area contributed by atoms with Crippen molar-refractivity contribution in [1.82, 2.24) is 4.90 Å². The average molecular weight is 333 g/mol. The molecule has 0 amide bonds. The SMILES string of the molecule is CC1CCC(N2CCN(c3cc(CO)ccc3[N+](=O)[O-])CC2)CC1. The molecule has 0 radical (unpaired) electrons. The van der Waals surface area contributed by atoms with Gasteiger partial charge in [0.15, 0.2) is 0 Å². The Balaban J connectivity index is 1.67. The van der Waals surface area contributed by atoms with Gasteiger partial charge < -0.3 is 10.0 Å². The third-order valence-electron chi connectivity index (χ3n) is 5.58. The van der Waals surface area contributed by atoms with Crippen LogP contribution < -0.4 is 4.90 Å². The zero-order valence-corrected chi connectivity index (χ0v) is 14.4. The molecule has 1 aliphatic carbocycles. The topological polar surface area (TPSA) is 69.8 Å². The molecule has 1 saturated heterocycles. The van der Waals surface area contributed by atoms with Crippen LogP contribution in [-0.2, 0) is 6.61 Å². The molecule has 24 heavy (non-hydrogen) atoms. The number of rotatable bonds is 4. The number of anilines is 1. The number of nitro benzene ring substituents is 1. The van der Waals surface area contributed by atoms with Crippen molar-refractivity contribution in [3.05, 3.63) is 33.9 Å². The summed E-state index contributed by atoms with van der Waals surface area (Å²) in [6, 6.07) is 5.58. The summed E-state index contributed by atoms with van der Waals surface area (Å²) in [7, 11) is 0. The molecule has 1 aromatic carbocycles. The molecule has 1 aliphatic heterocycles. The van der Waals surface area contributed by atoms with Gasteiger partial charge in [-0.1, -0.05) is 6.92 Å². The molecule has 2 aliphatic rings. The molecular weight excluding hydrogens is 306 g/mol. The van der Waals surface area contributed by atoms with Crippen LogP contribution in [0.15, 0.2) is 18.2 Å². The van der Waals surface area contributed by atoms with E-state index in [1.807, 2.05) is 0 Å². The lowest BCUT2D eigenvalue weighted by atomic mass is 9.86. The molecule has 0 unspecified atom stereocenters. The van der Waals surface area contributed by atoms with Crippen LogP contribution >= 0.6 is 0 Å². The van der Waals surface area contributed by atoms with Crippen LogP contribution in [0.1, 0.15) is 38.2 Å². The van der Waals surface area contributed by atoms with Gasteiger partial charge in [-0.3, -0.25) is 15.0 Å². The standard InChI is InChI=1S/C18H27N3O3/c1-14-2-5-16(6-3-14)19-8-10-20(11-9-19)18-12-15(13-22)4-7-17(18)21(23)24/h4,7,12,14,16,22H,2-3,5-6,8-11,13H2,1H3. The van der Waals surface area contributed by atoms with Crippen LogP contribution in [0.3, 0.4) is 0 Å². The van der Waals surface area contributed by atoms with Crippen molar-refractivity contribution in [3.8, 4) is 0 Å². The van der Waals surface area contributed by atoms with Gasteiger partial charge in [0, 0.05) is 38.3 Å². The van der Waals surface area contributed by atoms with Gasteiger partial charge in [-0.05, 0) is 49.3 Å². The molecule has 0 atom stereocenters. The first-order valence-electron chi connectivity index (χ1n) is 8.95. The summed E-state index contributed by atoms with van der Waals surface area (Å²) in [6.45, 7) is 5.77. The molecule has 1 aromatic rings. The second-order valence-electron chi connectivity index (χ2n) is 7.18. The number of hydrogen-bond donors (Lipinski definition) is 1. The summed E-state index contributed by atoms with van der Waals surface area (Å²) in [4.78, 5) is 15.6. The first-order chi connectivity index (χ1) is 11.6. The average Bonchev–Trinajstić information content (AvgIpc) is 2.62. The van der Waals surface area contributed by atoms with E-state index in [1.54, 1.807) is 12.1 Å². The van der Waals surface area contributed by atoms with Crippen LogP contribution in [0.4, 0.5) is 11.4 Å². The Morgan fingerprint density at radius 2 is 1.83 bits per heavy atom. The molecule has 3 rings (SSSR count). The lowest BCUT2D eigenvalue weighted by molar-refractivity contribution is -0.384. The molecule has 0 aromatic heterocycles. The maximum atomic E-state index is 11.3. The lowest BCUT2D eigenvalue weighted by Crippen LogP contribution is -2.51. The van der Waals surface area contributed by atoms with Crippen molar-refractivity contribution < 1.29 is 10.0 Å². The Morgan fingerprint density at radius 3 is 2.42 bits per heavy atom. The maximum Gasteiger partial charge on any atom is 0.292 e. The Labute approximate surface area is 143 Å². The molecule has 6 heteroatoms. The van der Waals surface area contributed by atoms with Crippen molar-refractivity contribution in [3.63, 3.8) is 0 Å². The van der Waals surface area contributed by atoms with Gasteiger partial charge in [-0.15, -0.1) is 0 Å². The zero-order valence-electron chi connectivity index (χ0n) is 14.4. The number of piperazine rings is 1. The quantitative estimate of drug-likeness (QED) is 0.678. The van der Waals surface area contributed by atoms with Crippen molar-refractivity contribution in [2.24, 2.45) is 5.92 Å². The molecule has 1 heterocycles. The van der Waals surface area contributed by atoms with Crippen LogP contribution in [-0.4, -0.2) is 47.2 Å². The molecule has 0 bridgehead atoms. The van der Waals surface area contributed by atoms with Gasteiger partial charge in [0.1, 0.15) is 5.69 Å². The molecule has 2 fully saturated rings. The number of aliphatic hydroxyl groups is 1. The van der Waals surface area contributed by atoms with Crippen molar-refractivity contribution in [1.29, 1.82) is 0 Å². The van der Waals surface area contributed by atoms with Crippen LogP contribution in [0, 0.1) is 16.0 Å². The highest BCUT2D eigenvalue weighted by molar-refractivity contribution is 5.64. The minimum absolute atomic E-state index is 0.0920. The zero-order chi connectivity index (χ0) is 17.1. The summed E-state index contributed by atoms with van der Waals surface area (Å²) >= 11 is 0. The number of hydrogen-bond acceptors (Lipinski definition) is 5. The number of nitro groups is 1. The molecule has 1 N–H and O–H groups in total. The molecule has 6 nitrogen and oxygen atoms in total. The largest absolute Gasteiger partial charge is 0.392 e. The monoisotopic (exact) mass is 333 g/mol. The second-order valence-corrected chi connectivity index (χ2v) is 7.18. The Morgan fingerprint density at radius 1 is 1.17 bits per heavy atom. The predicted octanol–water partition coefficient (Wildman–Crippen LogP) is 2.79. The summed E-state index contributed by atoms with van der Waals surface area (Å²) in [5.74, 6) is 0.853. The Kier molecular flexibility index (Phi) is 5.36. The summed E-state index contributed by atoms with van der Waals surface area (Å²) in [5.41, 5.74) is 1.50. The van der Waals surface area contributed by atoms with E-state index in [0.29, 0.717) is 11.7 Å². The first-order valence-corrected chi connectivity index (χ1v) is 8.95. The maximum absolute atomic E-state index is 11.3. The molecular formula is C18H27N3O3. The van der Waals surface area contributed by atoms with E-state index in [4.69, 9.17) is 0 Å². The van der Waals surface area contributed by atoms with Gasteiger partial charge in [-0.2, -0.15) is 0 Å². The van der Waals surface area contributed by atoms with Crippen molar-refractivity contribution in [2.45, 2.75) is 45.3 Å². The number of aliphatic hydroxyl groups excluding tert-OH is 1. The van der Waals surface area contributed by atoms with Crippen molar-refractivity contribution in [2.75, 3.05) is 31.1 Å². The molecule has 1 saturated carbocycles. The van der Waals surface area contributed by atoms with Gasteiger partial charge >= 0.3 is 0 Å². The van der Waals surface area contributed by atoms with E-state index in [9.17, 15) is 15.2 Å². The summed E-state index contributed by atoms with van der Waals surface area (Å²) in [5, 5.41) is 20.6. The highest BCUT2D eigenvalue weighted by Crippen LogP contribution is 2.32. The minimum Gasteiger partial charge on any atom is -0.392 e. The molecule has 132 valence electrons. The summed E-state index contributed by atoms with van der Waals surface area (Å²) in [6.07, 6.45) is 5.19. The lowest BCUT2D eigenvalue weighted by Gasteiger charge is -2.42. The fourth-order valence-corrected chi connectivity index (χ4v) is 4.01. The minimum atomic E-state index is -0.328. The van der Waals surface area contributed by atoms with Crippen LogP contribution in [0.2, 0.25) is 0 Å². The fraction of sp³-hybridized carbons (Fsp3) is 0.667. The van der Waals surface area contributed by atoms with Crippen LogP contribution in [0.5, 0.6) is 0 Å².